The molecule has 6 heteroatoms. The molecule has 0 unspecified atom stereocenters. The van der Waals surface area contributed by atoms with Crippen LogP contribution in [0, 0.1) is 13.8 Å². The largest absolute Gasteiger partial charge is 0.444 e. The van der Waals surface area contributed by atoms with Crippen LogP contribution in [0.5, 0.6) is 0 Å². The maximum absolute atomic E-state index is 12.6. The van der Waals surface area contributed by atoms with E-state index in [9.17, 15) is 9.59 Å². The van der Waals surface area contributed by atoms with E-state index in [1.807, 2.05) is 26.0 Å². The molecule has 1 fully saturated rings. The van der Waals surface area contributed by atoms with Crippen LogP contribution in [0.1, 0.15) is 28.1 Å². The molecule has 1 aliphatic heterocycles. The third-order valence-electron chi connectivity index (χ3n) is 3.83. The molecule has 1 aromatic carbocycles. The zero-order valence-electron chi connectivity index (χ0n) is 12.9. The van der Waals surface area contributed by atoms with Crippen LogP contribution in [-0.4, -0.2) is 24.4 Å². The Bertz CT molecular complexity index is 749. The summed E-state index contributed by atoms with van der Waals surface area (Å²) >= 11 is 3.16. The Morgan fingerprint density at radius 3 is 2.57 bits per heavy atom. The summed E-state index contributed by atoms with van der Waals surface area (Å²) in [6.45, 7) is 4.60. The van der Waals surface area contributed by atoms with Gasteiger partial charge in [-0.05, 0) is 71.6 Å². The number of amides is 2. The molecule has 23 heavy (non-hydrogen) atoms. The van der Waals surface area contributed by atoms with Crippen molar-refractivity contribution in [2.75, 3.05) is 11.4 Å². The SMILES string of the molecule is Cc1cc(C)cc(N2CC[C@@H](NC(=O)c3ccc(Br)o3)C2=O)c1. The minimum absolute atomic E-state index is 0.0889. The van der Waals surface area contributed by atoms with Gasteiger partial charge in [-0.15, -0.1) is 0 Å². The summed E-state index contributed by atoms with van der Waals surface area (Å²) in [5, 5.41) is 2.74. The highest BCUT2D eigenvalue weighted by molar-refractivity contribution is 9.10. The fourth-order valence-corrected chi connectivity index (χ4v) is 3.15. The van der Waals surface area contributed by atoms with Crippen molar-refractivity contribution in [2.24, 2.45) is 0 Å². The lowest BCUT2D eigenvalue weighted by Crippen LogP contribution is -2.41. The van der Waals surface area contributed by atoms with Gasteiger partial charge in [-0.3, -0.25) is 9.59 Å². The van der Waals surface area contributed by atoms with Gasteiger partial charge in [0.25, 0.3) is 5.91 Å². The van der Waals surface area contributed by atoms with Crippen molar-refractivity contribution < 1.29 is 14.0 Å². The minimum Gasteiger partial charge on any atom is -0.444 e. The number of nitrogens with zero attached hydrogens (tertiary/aromatic N) is 1. The maximum atomic E-state index is 12.6. The van der Waals surface area contributed by atoms with Crippen LogP contribution in [0.4, 0.5) is 5.69 Å². The minimum atomic E-state index is -0.521. The Labute approximate surface area is 142 Å². The zero-order chi connectivity index (χ0) is 16.6. The number of hydrogen-bond donors (Lipinski definition) is 1. The predicted octanol–water partition coefficient (Wildman–Crippen LogP) is 3.19. The number of aryl methyl sites for hydroxylation is 2. The Morgan fingerprint density at radius 2 is 1.96 bits per heavy atom. The van der Waals surface area contributed by atoms with Gasteiger partial charge in [-0.1, -0.05) is 6.07 Å². The normalized spacial score (nSPS) is 17.6. The monoisotopic (exact) mass is 376 g/mol. The molecule has 2 aromatic rings. The lowest BCUT2D eigenvalue weighted by molar-refractivity contribution is -0.118. The second-order valence-electron chi connectivity index (χ2n) is 5.75. The molecule has 3 rings (SSSR count). The summed E-state index contributed by atoms with van der Waals surface area (Å²) in [6.07, 6.45) is 0.583. The smallest absolute Gasteiger partial charge is 0.287 e. The van der Waals surface area contributed by atoms with Crippen LogP contribution < -0.4 is 10.2 Å². The van der Waals surface area contributed by atoms with Crippen LogP contribution >= 0.6 is 15.9 Å². The van der Waals surface area contributed by atoms with E-state index in [1.165, 1.54) is 0 Å². The van der Waals surface area contributed by atoms with E-state index in [2.05, 4.69) is 27.3 Å². The van der Waals surface area contributed by atoms with Gasteiger partial charge in [0.1, 0.15) is 6.04 Å². The quantitative estimate of drug-likeness (QED) is 0.894. The number of nitrogens with one attached hydrogen (secondary N) is 1. The Morgan fingerprint density at radius 1 is 1.26 bits per heavy atom. The third kappa shape index (κ3) is 3.32. The van der Waals surface area contributed by atoms with Crippen molar-refractivity contribution in [3.8, 4) is 0 Å². The number of carbonyl (C=O) groups is 2. The summed E-state index contributed by atoms with van der Waals surface area (Å²) in [5.41, 5.74) is 3.10. The summed E-state index contributed by atoms with van der Waals surface area (Å²) in [7, 11) is 0. The second-order valence-corrected chi connectivity index (χ2v) is 6.54. The van der Waals surface area contributed by atoms with Crippen molar-refractivity contribution >= 4 is 33.4 Å². The number of carbonyl (C=O) groups excluding carboxylic acids is 2. The fourth-order valence-electron chi connectivity index (χ4n) is 2.84. The fraction of sp³-hybridized carbons (Fsp3) is 0.294. The molecule has 0 saturated carbocycles. The van der Waals surface area contributed by atoms with Gasteiger partial charge >= 0.3 is 0 Å². The number of hydrogen-bond acceptors (Lipinski definition) is 3. The Kier molecular flexibility index (Phi) is 4.26. The average Bonchev–Trinajstić information content (AvgIpc) is 3.05. The summed E-state index contributed by atoms with van der Waals surface area (Å²) in [4.78, 5) is 26.4. The molecule has 1 atom stereocenters. The standard InChI is InChI=1S/C17H17BrN2O3/c1-10-7-11(2)9-12(8-10)20-6-5-13(17(20)22)19-16(21)14-3-4-15(18)23-14/h3-4,7-9,13H,5-6H2,1-2H3,(H,19,21)/t13-/m1/s1. The topological polar surface area (TPSA) is 62.6 Å². The molecule has 1 saturated heterocycles. The van der Waals surface area contributed by atoms with Crippen LogP contribution in [0.2, 0.25) is 0 Å². The zero-order valence-corrected chi connectivity index (χ0v) is 14.5. The Hall–Kier alpha value is -2.08. The van der Waals surface area contributed by atoms with Gasteiger partial charge in [0.2, 0.25) is 5.91 Å². The number of anilines is 1. The predicted molar refractivity (Wildman–Crippen MR) is 90.5 cm³/mol. The lowest BCUT2D eigenvalue weighted by atomic mass is 10.1. The number of benzene rings is 1. The molecule has 120 valence electrons. The van der Waals surface area contributed by atoms with E-state index < -0.39 is 6.04 Å². The number of rotatable bonds is 3. The third-order valence-corrected chi connectivity index (χ3v) is 4.25. The van der Waals surface area contributed by atoms with Crippen molar-refractivity contribution in [3.05, 3.63) is 51.9 Å². The highest BCUT2D eigenvalue weighted by atomic mass is 79.9. The average molecular weight is 377 g/mol. The number of halogens is 1. The van der Waals surface area contributed by atoms with E-state index in [0.29, 0.717) is 17.6 Å². The number of furan rings is 1. The van der Waals surface area contributed by atoms with Gasteiger partial charge in [0, 0.05) is 12.2 Å². The summed E-state index contributed by atoms with van der Waals surface area (Å²) in [5.74, 6) is -0.278. The van der Waals surface area contributed by atoms with Crippen molar-refractivity contribution in [1.29, 1.82) is 0 Å². The first-order valence-electron chi connectivity index (χ1n) is 7.40. The van der Waals surface area contributed by atoms with Crippen molar-refractivity contribution in [2.45, 2.75) is 26.3 Å². The molecule has 0 radical (unpaired) electrons. The lowest BCUT2D eigenvalue weighted by Gasteiger charge is -2.18. The van der Waals surface area contributed by atoms with Crippen LogP contribution in [0.15, 0.2) is 39.4 Å². The molecule has 0 aliphatic carbocycles. The van der Waals surface area contributed by atoms with Crippen LogP contribution in [0.3, 0.4) is 0 Å². The first kappa shape index (κ1) is 15.8. The molecule has 0 spiro atoms. The van der Waals surface area contributed by atoms with E-state index in [4.69, 9.17) is 4.42 Å². The Balaban J connectivity index is 1.72. The van der Waals surface area contributed by atoms with Crippen LogP contribution in [0.25, 0.3) is 0 Å². The van der Waals surface area contributed by atoms with Gasteiger partial charge in [-0.2, -0.15) is 0 Å². The van der Waals surface area contributed by atoms with Crippen molar-refractivity contribution in [1.82, 2.24) is 5.32 Å². The molecule has 1 N–H and O–H groups in total. The van der Waals surface area contributed by atoms with Gasteiger partial charge in [0.15, 0.2) is 10.4 Å². The molecule has 2 heterocycles. The molecule has 1 aliphatic rings. The van der Waals surface area contributed by atoms with Crippen molar-refractivity contribution in [3.63, 3.8) is 0 Å². The van der Waals surface area contributed by atoms with E-state index in [-0.39, 0.29) is 17.6 Å². The first-order chi connectivity index (χ1) is 10.9. The summed E-state index contributed by atoms with van der Waals surface area (Å²) in [6, 6.07) is 8.73. The van der Waals surface area contributed by atoms with Crippen LogP contribution in [-0.2, 0) is 4.79 Å². The molecule has 2 amide bonds. The van der Waals surface area contributed by atoms with Gasteiger partial charge in [0.05, 0.1) is 0 Å². The maximum Gasteiger partial charge on any atom is 0.287 e. The second kappa shape index (κ2) is 6.20. The highest BCUT2D eigenvalue weighted by Crippen LogP contribution is 2.24. The first-order valence-corrected chi connectivity index (χ1v) is 8.19. The highest BCUT2D eigenvalue weighted by Gasteiger charge is 2.34. The molecular weight excluding hydrogens is 360 g/mol. The molecule has 0 bridgehead atoms. The van der Waals surface area contributed by atoms with E-state index in [1.54, 1.807) is 17.0 Å². The van der Waals surface area contributed by atoms with Gasteiger partial charge in [-0.25, -0.2) is 0 Å². The summed E-state index contributed by atoms with van der Waals surface area (Å²) < 4.78 is 5.70. The molecule has 5 nitrogen and oxygen atoms in total. The van der Waals surface area contributed by atoms with E-state index >= 15 is 0 Å². The van der Waals surface area contributed by atoms with E-state index in [0.717, 1.165) is 16.8 Å². The molecular formula is C17H17BrN2O3. The van der Waals surface area contributed by atoms with Gasteiger partial charge < -0.3 is 14.6 Å². The molecule has 1 aromatic heterocycles.